The standard InChI is InChI=1S/C15H19NS2/c1-3-8-16-11-13-6-7-14(12(2)10-13)18-15-5-4-9-17-15/h4-7,9-10,16H,3,8,11H2,1-2H3. The lowest BCUT2D eigenvalue weighted by atomic mass is 10.1. The van der Waals surface area contributed by atoms with E-state index in [2.05, 4.69) is 54.9 Å². The Labute approximate surface area is 118 Å². The highest BCUT2D eigenvalue weighted by Gasteiger charge is 2.03. The average molecular weight is 277 g/mol. The van der Waals surface area contributed by atoms with Gasteiger partial charge in [-0.25, -0.2) is 0 Å². The highest BCUT2D eigenvalue weighted by atomic mass is 32.2. The van der Waals surface area contributed by atoms with Gasteiger partial charge >= 0.3 is 0 Å². The van der Waals surface area contributed by atoms with Gasteiger partial charge in [-0.15, -0.1) is 11.3 Å². The molecule has 0 unspecified atom stereocenters. The highest BCUT2D eigenvalue weighted by molar-refractivity contribution is 8.01. The van der Waals surface area contributed by atoms with Gasteiger partial charge in [-0.2, -0.15) is 0 Å². The predicted octanol–water partition coefficient (Wildman–Crippen LogP) is 4.71. The largest absolute Gasteiger partial charge is 0.313 e. The number of aryl methyl sites for hydroxylation is 1. The number of hydrogen-bond donors (Lipinski definition) is 1. The fourth-order valence-corrected chi connectivity index (χ4v) is 3.57. The summed E-state index contributed by atoms with van der Waals surface area (Å²) in [4.78, 5) is 1.36. The molecule has 0 bridgehead atoms. The van der Waals surface area contributed by atoms with Gasteiger partial charge in [0.05, 0.1) is 4.21 Å². The van der Waals surface area contributed by atoms with Crippen LogP contribution in [-0.4, -0.2) is 6.54 Å². The minimum Gasteiger partial charge on any atom is -0.313 e. The van der Waals surface area contributed by atoms with Gasteiger partial charge in [0, 0.05) is 11.4 Å². The Balaban J connectivity index is 2.01. The zero-order valence-corrected chi connectivity index (χ0v) is 12.5. The zero-order valence-electron chi connectivity index (χ0n) is 10.9. The van der Waals surface area contributed by atoms with Crippen LogP contribution in [0.5, 0.6) is 0 Å². The van der Waals surface area contributed by atoms with Crippen LogP contribution >= 0.6 is 23.1 Å². The van der Waals surface area contributed by atoms with Gasteiger partial charge in [0.15, 0.2) is 0 Å². The fourth-order valence-electron chi connectivity index (χ4n) is 1.78. The van der Waals surface area contributed by atoms with E-state index in [1.807, 2.05) is 11.8 Å². The van der Waals surface area contributed by atoms with Crippen LogP contribution in [0.2, 0.25) is 0 Å². The molecule has 2 rings (SSSR count). The normalized spacial score (nSPS) is 10.8. The monoisotopic (exact) mass is 277 g/mol. The Morgan fingerprint density at radius 2 is 2.17 bits per heavy atom. The van der Waals surface area contributed by atoms with Crippen LogP contribution < -0.4 is 5.32 Å². The zero-order chi connectivity index (χ0) is 12.8. The van der Waals surface area contributed by atoms with E-state index in [0.717, 1.165) is 13.1 Å². The Bertz CT molecular complexity index is 477. The molecular formula is C15H19NS2. The summed E-state index contributed by atoms with van der Waals surface area (Å²) in [7, 11) is 0. The maximum absolute atomic E-state index is 3.44. The first-order chi connectivity index (χ1) is 8.79. The molecule has 0 aliphatic rings. The molecule has 1 aromatic heterocycles. The van der Waals surface area contributed by atoms with Crippen molar-refractivity contribution in [3.8, 4) is 0 Å². The third-order valence-electron chi connectivity index (χ3n) is 2.70. The summed E-state index contributed by atoms with van der Waals surface area (Å²) < 4.78 is 1.36. The molecule has 1 N–H and O–H groups in total. The van der Waals surface area contributed by atoms with Crippen molar-refractivity contribution >= 4 is 23.1 Å². The van der Waals surface area contributed by atoms with Crippen LogP contribution in [0.3, 0.4) is 0 Å². The molecule has 0 aliphatic heterocycles. The molecule has 0 spiro atoms. The molecule has 0 fully saturated rings. The van der Waals surface area contributed by atoms with E-state index in [9.17, 15) is 0 Å². The molecule has 0 aliphatic carbocycles. The maximum atomic E-state index is 3.44. The third-order valence-corrected chi connectivity index (χ3v) is 4.92. The van der Waals surface area contributed by atoms with Crippen LogP contribution in [0.4, 0.5) is 0 Å². The molecule has 0 saturated carbocycles. The topological polar surface area (TPSA) is 12.0 Å². The molecule has 1 aromatic carbocycles. The van der Waals surface area contributed by atoms with Crippen molar-refractivity contribution in [2.24, 2.45) is 0 Å². The van der Waals surface area contributed by atoms with Crippen molar-refractivity contribution in [3.05, 3.63) is 46.8 Å². The molecule has 0 radical (unpaired) electrons. The summed E-state index contributed by atoms with van der Waals surface area (Å²) in [5, 5.41) is 5.56. The van der Waals surface area contributed by atoms with Gasteiger partial charge in [0.2, 0.25) is 0 Å². The lowest BCUT2D eigenvalue weighted by Gasteiger charge is -2.08. The summed E-state index contributed by atoms with van der Waals surface area (Å²) in [6, 6.07) is 11.0. The van der Waals surface area contributed by atoms with Gasteiger partial charge < -0.3 is 5.32 Å². The molecule has 0 atom stereocenters. The Hall–Kier alpha value is -0.770. The van der Waals surface area contributed by atoms with Gasteiger partial charge in [0.1, 0.15) is 0 Å². The lowest BCUT2D eigenvalue weighted by Crippen LogP contribution is -2.13. The van der Waals surface area contributed by atoms with E-state index in [4.69, 9.17) is 0 Å². The van der Waals surface area contributed by atoms with Gasteiger partial charge in [-0.1, -0.05) is 36.9 Å². The predicted molar refractivity (Wildman–Crippen MR) is 81.6 cm³/mol. The second-order valence-electron chi connectivity index (χ2n) is 4.31. The molecule has 0 saturated heterocycles. The van der Waals surface area contributed by atoms with Crippen molar-refractivity contribution < 1.29 is 0 Å². The number of hydrogen-bond acceptors (Lipinski definition) is 3. The number of rotatable bonds is 6. The molecule has 1 heterocycles. The second-order valence-corrected chi connectivity index (χ2v) is 6.60. The molecule has 2 aromatic rings. The lowest BCUT2D eigenvalue weighted by molar-refractivity contribution is 0.675. The third kappa shape index (κ3) is 3.87. The summed E-state index contributed by atoms with van der Waals surface area (Å²) in [6.07, 6.45) is 1.19. The van der Waals surface area contributed by atoms with Crippen molar-refractivity contribution in [2.75, 3.05) is 6.54 Å². The molecule has 18 heavy (non-hydrogen) atoms. The molecule has 1 nitrogen and oxygen atoms in total. The van der Waals surface area contributed by atoms with Gasteiger partial charge in [0.25, 0.3) is 0 Å². The highest BCUT2D eigenvalue weighted by Crippen LogP contribution is 2.33. The van der Waals surface area contributed by atoms with E-state index in [1.165, 1.54) is 26.7 Å². The fraction of sp³-hybridized carbons (Fsp3) is 0.333. The van der Waals surface area contributed by atoms with Crippen molar-refractivity contribution in [2.45, 2.75) is 35.9 Å². The quantitative estimate of drug-likeness (QED) is 0.768. The van der Waals surface area contributed by atoms with E-state index in [-0.39, 0.29) is 0 Å². The molecule has 96 valence electrons. The molecule has 3 heteroatoms. The molecular weight excluding hydrogens is 258 g/mol. The number of benzene rings is 1. The smallest absolute Gasteiger partial charge is 0.0646 e. The maximum Gasteiger partial charge on any atom is 0.0646 e. The van der Waals surface area contributed by atoms with Crippen molar-refractivity contribution in [3.63, 3.8) is 0 Å². The van der Waals surface area contributed by atoms with E-state index >= 15 is 0 Å². The Kier molecular flexibility index (Phi) is 5.29. The summed E-state index contributed by atoms with van der Waals surface area (Å²) >= 11 is 3.65. The average Bonchev–Trinajstić information content (AvgIpc) is 2.86. The molecule has 0 amide bonds. The van der Waals surface area contributed by atoms with Gasteiger partial charge in [-0.3, -0.25) is 0 Å². The minimum absolute atomic E-state index is 0.971. The van der Waals surface area contributed by atoms with E-state index in [0.29, 0.717) is 0 Å². The van der Waals surface area contributed by atoms with Crippen molar-refractivity contribution in [1.29, 1.82) is 0 Å². The summed E-state index contributed by atoms with van der Waals surface area (Å²) in [5.74, 6) is 0. The number of nitrogens with one attached hydrogen (secondary N) is 1. The summed E-state index contributed by atoms with van der Waals surface area (Å²) in [5.41, 5.74) is 2.74. The van der Waals surface area contributed by atoms with E-state index < -0.39 is 0 Å². The first-order valence-electron chi connectivity index (χ1n) is 6.31. The number of thiophene rings is 1. The van der Waals surface area contributed by atoms with Crippen LogP contribution in [0.25, 0.3) is 0 Å². The first kappa shape index (κ1) is 13.7. The van der Waals surface area contributed by atoms with Crippen LogP contribution in [0.15, 0.2) is 44.8 Å². The minimum atomic E-state index is 0.971. The van der Waals surface area contributed by atoms with Crippen LogP contribution in [0, 0.1) is 6.92 Å². The van der Waals surface area contributed by atoms with Crippen LogP contribution in [0.1, 0.15) is 24.5 Å². The first-order valence-corrected chi connectivity index (χ1v) is 8.01. The van der Waals surface area contributed by atoms with E-state index in [1.54, 1.807) is 11.3 Å². The second kappa shape index (κ2) is 6.98. The van der Waals surface area contributed by atoms with Crippen molar-refractivity contribution in [1.82, 2.24) is 5.32 Å². The van der Waals surface area contributed by atoms with Gasteiger partial charge in [-0.05, 0) is 48.5 Å². The van der Waals surface area contributed by atoms with Crippen LogP contribution in [-0.2, 0) is 6.54 Å². The Morgan fingerprint density at radius 1 is 1.28 bits per heavy atom. The SMILES string of the molecule is CCCNCc1ccc(Sc2cccs2)c(C)c1. The summed E-state index contributed by atoms with van der Waals surface area (Å²) in [6.45, 7) is 6.45. The Morgan fingerprint density at radius 3 is 2.83 bits per heavy atom.